The van der Waals surface area contributed by atoms with Gasteiger partial charge in [-0.25, -0.2) is 0 Å². The van der Waals surface area contributed by atoms with Crippen LogP contribution in [0, 0.1) is 0 Å². The van der Waals surface area contributed by atoms with Crippen LogP contribution < -0.4 is 0 Å². The number of alkyl halides is 3. The van der Waals surface area contributed by atoms with E-state index in [2.05, 4.69) is 5.10 Å². The number of halogens is 3. The molecule has 0 fully saturated rings. The van der Waals surface area contributed by atoms with Crippen LogP contribution in [0.25, 0.3) is 0 Å². The Morgan fingerprint density at radius 1 is 1.64 bits per heavy atom. The molecule has 6 heteroatoms. The molecule has 0 radical (unpaired) electrons. The van der Waals surface area contributed by atoms with Crippen molar-refractivity contribution in [3.63, 3.8) is 0 Å². The Balaban J connectivity index is 2.43. The summed E-state index contributed by atoms with van der Waals surface area (Å²) in [6.07, 6.45) is -3.99. The highest BCUT2D eigenvalue weighted by Crippen LogP contribution is 2.19. The van der Waals surface area contributed by atoms with Gasteiger partial charge in [0.1, 0.15) is 12.8 Å². The number of hydrogen-bond donors (Lipinski definition) is 1. The third-order valence-electron chi connectivity index (χ3n) is 1.23. The summed E-state index contributed by atoms with van der Waals surface area (Å²) >= 11 is 0. The van der Waals surface area contributed by atoms with Gasteiger partial charge in [-0.15, -0.1) is 0 Å². The lowest BCUT2D eigenvalue weighted by atomic mass is 10.4. The lowest BCUT2D eigenvalue weighted by Gasteiger charge is -2.19. The van der Waals surface area contributed by atoms with Crippen LogP contribution in [0.3, 0.4) is 0 Å². The van der Waals surface area contributed by atoms with Gasteiger partial charge in [-0.3, -0.25) is 5.01 Å². The fourth-order valence-corrected chi connectivity index (χ4v) is 0.775. The fourth-order valence-electron chi connectivity index (χ4n) is 0.775. The molecule has 0 aliphatic carbocycles. The molecule has 0 spiro atoms. The SMILES string of the molecule is OC1CC=NN1CC(F)(F)F. The number of aliphatic hydroxyl groups excluding tert-OH is 1. The minimum Gasteiger partial charge on any atom is -0.372 e. The van der Waals surface area contributed by atoms with Crippen molar-refractivity contribution in [3.8, 4) is 0 Å². The normalized spacial score (nSPS) is 24.7. The predicted octanol–water partition coefficient (Wildman–Crippen LogP) is 0.559. The summed E-state index contributed by atoms with van der Waals surface area (Å²) < 4.78 is 35.0. The van der Waals surface area contributed by atoms with Gasteiger partial charge in [-0.05, 0) is 0 Å². The molecular formula is C5H7F3N2O. The Labute approximate surface area is 61.1 Å². The lowest BCUT2D eigenvalue weighted by molar-refractivity contribution is -0.162. The average molecular weight is 168 g/mol. The van der Waals surface area contributed by atoms with Crippen LogP contribution in [-0.2, 0) is 0 Å². The number of nitrogens with zero attached hydrogens (tertiary/aromatic N) is 2. The first kappa shape index (κ1) is 8.32. The molecule has 1 aliphatic heterocycles. The predicted molar refractivity (Wildman–Crippen MR) is 31.9 cm³/mol. The molecule has 0 aromatic rings. The van der Waals surface area contributed by atoms with Crippen molar-refractivity contribution < 1.29 is 18.3 Å². The first-order valence-corrected chi connectivity index (χ1v) is 3.03. The van der Waals surface area contributed by atoms with Crippen LogP contribution in [0.5, 0.6) is 0 Å². The van der Waals surface area contributed by atoms with Gasteiger partial charge in [-0.2, -0.15) is 18.3 Å². The zero-order chi connectivity index (χ0) is 8.48. The summed E-state index contributed by atoms with van der Waals surface area (Å²) in [6.45, 7) is -1.19. The molecule has 0 saturated carbocycles. The Hall–Kier alpha value is -0.780. The van der Waals surface area contributed by atoms with E-state index in [0.29, 0.717) is 5.01 Å². The van der Waals surface area contributed by atoms with Crippen molar-refractivity contribution in [2.24, 2.45) is 5.10 Å². The fraction of sp³-hybridized carbons (Fsp3) is 0.800. The third-order valence-corrected chi connectivity index (χ3v) is 1.23. The van der Waals surface area contributed by atoms with Crippen molar-refractivity contribution in [3.05, 3.63) is 0 Å². The molecule has 1 rings (SSSR count). The molecule has 1 heterocycles. The number of hydrazone groups is 1. The highest BCUT2D eigenvalue weighted by Gasteiger charge is 2.34. The molecule has 1 N–H and O–H groups in total. The second-order valence-electron chi connectivity index (χ2n) is 2.23. The summed E-state index contributed by atoms with van der Waals surface area (Å²) in [5.41, 5.74) is 0. The first-order chi connectivity index (χ1) is 4.99. The molecule has 11 heavy (non-hydrogen) atoms. The van der Waals surface area contributed by atoms with Crippen molar-refractivity contribution >= 4 is 6.21 Å². The Kier molecular flexibility index (Phi) is 2.03. The molecule has 0 amide bonds. The standard InChI is InChI=1S/C5H7F3N2O/c6-5(7,8)3-10-4(11)1-2-9-10/h2,4,11H,1,3H2. The quantitative estimate of drug-likeness (QED) is 0.620. The minimum absolute atomic E-state index is 0.163. The molecule has 0 aromatic carbocycles. The highest BCUT2D eigenvalue weighted by atomic mass is 19.4. The molecule has 3 nitrogen and oxygen atoms in total. The largest absolute Gasteiger partial charge is 0.407 e. The van der Waals surface area contributed by atoms with Crippen LogP contribution >= 0.6 is 0 Å². The molecule has 0 bridgehead atoms. The average Bonchev–Trinajstić information content (AvgIpc) is 2.12. The van der Waals surface area contributed by atoms with Gasteiger partial charge in [0.25, 0.3) is 0 Å². The summed E-state index contributed by atoms with van der Waals surface area (Å²) in [6, 6.07) is 0. The van der Waals surface area contributed by atoms with Gasteiger partial charge in [0, 0.05) is 12.6 Å². The van der Waals surface area contributed by atoms with Gasteiger partial charge in [0.15, 0.2) is 0 Å². The number of aliphatic hydroxyl groups is 1. The molecule has 64 valence electrons. The highest BCUT2D eigenvalue weighted by molar-refractivity contribution is 5.59. The maximum absolute atomic E-state index is 11.7. The maximum atomic E-state index is 11.7. The molecule has 1 atom stereocenters. The van der Waals surface area contributed by atoms with Gasteiger partial charge >= 0.3 is 6.18 Å². The van der Waals surface area contributed by atoms with Crippen molar-refractivity contribution in [2.45, 2.75) is 18.8 Å². The van der Waals surface area contributed by atoms with E-state index in [1.807, 2.05) is 0 Å². The van der Waals surface area contributed by atoms with Gasteiger partial charge in [0.2, 0.25) is 0 Å². The minimum atomic E-state index is -4.30. The zero-order valence-corrected chi connectivity index (χ0v) is 5.54. The van der Waals surface area contributed by atoms with Crippen molar-refractivity contribution in [2.75, 3.05) is 6.54 Å². The second kappa shape index (κ2) is 2.69. The van der Waals surface area contributed by atoms with E-state index in [1.54, 1.807) is 0 Å². The number of rotatable bonds is 1. The van der Waals surface area contributed by atoms with Crippen LogP contribution in [-0.4, -0.2) is 35.3 Å². The van der Waals surface area contributed by atoms with Gasteiger partial charge in [0.05, 0.1) is 0 Å². The second-order valence-corrected chi connectivity index (χ2v) is 2.23. The van der Waals surface area contributed by atoms with E-state index >= 15 is 0 Å². The van der Waals surface area contributed by atoms with E-state index in [-0.39, 0.29) is 6.42 Å². The summed E-state index contributed by atoms with van der Waals surface area (Å²) in [4.78, 5) is 0. The van der Waals surface area contributed by atoms with E-state index < -0.39 is 18.9 Å². The molecule has 1 aliphatic rings. The summed E-state index contributed by atoms with van der Waals surface area (Å²) in [5, 5.41) is 12.8. The maximum Gasteiger partial charge on any atom is 0.407 e. The Morgan fingerprint density at radius 3 is 2.64 bits per heavy atom. The Bertz CT molecular complexity index is 168. The van der Waals surface area contributed by atoms with E-state index in [1.165, 1.54) is 6.21 Å². The van der Waals surface area contributed by atoms with Crippen molar-refractivity contribution in [1.29, 1.82) is 0 Å². The zero-order valence-electron chi connectivity index (χ0n) is 5.54. The van der Waals surface area contributed by atoms with Crippen LogP contribution in [0.4, 0.5) is 13.2 Å². The number of hydrogen-bond acceptors (Lipinski definition) is 3. The molecule has 0 aromatic heterocycles. The smallest absolute Gasteiger partial charge is 0.372 e. The van der Waals surface area contributed by atoms with Crippen LogP contribution in [0.2, 0.25) is 0 Å². The van der Waals surface area contributed by atoms with Gasteiger partial charge < -0.3 is 5.11 Å². The van der Waals surface area contributed by atoms with Gasteiger partial charge in [-0.1, -0.05) is 0 Å². The third kappa shape index (κ3) is 2.38. The van der Waals surface area contributed by atoms with E-state index in [9.17, 15) is 13.2 Å². The molecule has 1 unspecified atom stereocenters. The first-order valence-electron chi connectivity index (χ1n) is 3.03. The van der Waals surface area contributed by atoms with Crippen molar-refractivity contribution in [1.82, 2.24) is 5.01 Å². The van der Waals surface area contributed by atoms with E-state index in [4.69, 9.17) is 5.11 Å². The topological polar surface area (TPSA) is 35.8 Å². The van der Waals surface area contributed by atoms with E-state index in [0.717, 1.165) is 0 Å². The lowest BCUT2D eigenvalue weighted by Crippen LogP contribution is -2.35. The molecular weight excluding hydrogens is 161 g/mol. The van der Waals surface area contributed by atoms with Crippen LogP contribution in [0.15, 0.2) is 5.10 Å². The molecule has 0 saturated heterocycles. The van der Waals surface area contributed by atoms with Crippen LogP contribution in [0.1, 0.15) is 6.42 Å². The summed E-state index contributed by atoms with van der Waals surface area (Å²) in [7, 11) is 0. The monoisotopic (exact) mass is 168 g/mol. The summed E-state index contributed by atoms with van der Waals surface area (Å²) in [5.74, 6) is 0. The Morgan fingerprint density at radius 2 is 2.27 bits per heavy atom.